The molecule has 1 heterocycles. The Morgan fingerprint density at radius 3 is 2.44 bits per heavy atom. The fraction of sp³-hybridized carbons (Fsp3) is 0.409. The van der Waals surface area contributed by atoms with Crippen molar-refractivity contribution in [3.8, 4) is 5.75 Å². The number of ether oxygens (including phenoxy) is 1. The van der Waals surface area contributed by atoms with E-state index in [4.69, 9.17) is 4.74 Å². The number of hydrogen-bond acceptors (Lipinski definition) is 2. The molecule has 0 aromatic heterocycles. The quantitative estimate of drug-likeness (QED) is 0.810. The van der Waals surface area contributed by atoms with Crippen LogP contribution in [0.15, 0.2) is 48.5 Å². The number of carbonyl (C=O) groups is 1. The number of anilines is 1. The molecule has 3 rings (SSSR count). The van der Waals surface area contributed by atoms with Gasteiger partial charge in [-0.1, -0.05) is 51.1 Å². The molecule has 0 aliphatic carbocycles. The van der Waals surface area contributed by atoms with Crippen molar-refractivity contribution >= 4 is 11.6 Å². The first kappa shape index (κ1) is 17.5. The number of rotatable bonds is 3. The third-order valence-corrected chi connectivity index (χ3v) is 4.76. The SMILES string of the molecule is CC(Oc1ccc(C(C)(C)C)cc1)C(=O)N1CCCc2ccccc21. The van der Waals surface area contributed by atoms with Crippen molar-refractivity contribution in [1.82, 2.24) is 0 Å². The number of amides is 1. The summed E-state index contributed by atoms with van der Waals surface area (Å²) in [4.78, 5) is 14.8. The number of hydrogen-bond donors (Lipinski definition) is 0. The van der Waals surface area contributed by atoms with Crippen molar-refractivity contribution < 1.29 is 9.53 Å². The van der Waals surface area contributed by atoms with Gasteiger partial charge in [0.1, 0.15) is 5.75 Å². The Bertz CT molecular complexity index is 743. The summed E-state index contributed by atoms with van der Waals surface area (Å²) < 4.78 is 5.92. The predicted octanol–water partition coefficient (Wildman–Crippen LogP) is 4.73. The van der Waals surface area contributed by atoms with E-state index in [9.17, 15) is 4.79 Å². The zero-order chi connectivity index (χ0) is 18.0. The average Bonchev–Trinajstić information content (AvgIpc) is 2.60. The lowest BCUT2D eigenvalue weighted by atomic mass is 9.87. The van der Waals surface area contributed by atoms with Gasteiger partial charge in [0.15, 0.2) is 6.10 Å². The molecule has 25 heavy (non-hydrogen) atoms. The molecule has 1 amide bonds. The molecule has 0 radical (unpaired) electrons. The lowest BCUT2D eigenvalue weighted by molar-refractivity contribution is -0.124. The van der Waals surface area contributed by atoms with Crippen LogP contribution in [-0.2, 0) is 16.6 Å². The minimum Gasteiger partial charge on any atom is -0.481 e. The Labute approximate surface area is 150 Å². The van der Waals surface area contributed by atoms with Crippen LogP contribution in [0.25, 0.3) is 0 Å². The van der Waals surface area contributed by atoms with Crippen LogP contribution in [0.5, 0.6) is 5.75 Å². The maximum atomic E-state index is 12.9. The molecule has 1 aliphatic rings. The van der Waals surface area contributed by atoms with Crippen molar-refractivity contribution in [2.24, 2.45) is 0 Å². The largest absolute Gasteiger partial charge is 0.481 e. The first-order valence-electron chi connectivity index (χ1n) is 9.03. The molecular formula is C22H27NO2. The van der Waals surface area contributed by atoms with Crippen LogP contribution in [0.4, 0.5) is 5.69 Å². The Kier molecular flexibility index (Phi) is 4.85. The third kappa shape index (κ3) is 3.87. The van der Waals surface area contributed by atoms with Gasteiger partial charge in [-0.25, -0.2) is 0 Å². The van der Waals surface area contributed by atoms with Crippen molar-refractivity contribution in [3.05, 3.63) is 59.7 Å². The summed E-state index contributed by atoms with van der Waals surface area (Å²) in [5, 5.41) is 0. The highest BCUT2D eigenvalue weighted by atomic mass is 16.5. The van der Waals surface area contributed by atoms with Gasteiger partial charge in [-0.2, -0.15) is 0 Å². The zero-order valence-electron chi connectivity index (χ0n) is 15.6. The van der Waals surface area contributed by atoms with Gasteiger partial charge in [0.2, 0.25) is 0 Å². The molecule has 0 N–H and O–H groups in total. The summed E-state index contributed by atoms with van der Waals surface area (Å²) in [6.07, 6.45) is 1.52. The fourth-order valence-corrected chi connectivity index (χ4v) is 3.27. The molecule has 2 aromatic rings. The lowest BCUT2D eigenvalue weighted by Gasteiger charge is -2.31. The topological polar surface area (TPSA) is 29.5 Å². The molecule has 3 heteroatoms. The molecule has 0 spiro atoms. The van der Waals surface area contributed by atoms with Crippen LogP contribution >= 0.6 is 0 Å². The molecule has 3 nitrogen and oxygen atoms in total. The summed E-state index contributed by atoms with van der Waals surface area (Å²) in [6, 6.07) is 16.2. The second kappa shape index (κ2) is 6.91. The van der Waals surface area contributed by atoms with Crippen LogP contribution in [0.3, 0.4) is 0 Å². The smallest absolute Gasteiger partial charge is 0.267 e. The Hall–Kier alpha value is -2.29. The highest BCUT2D eigenvalue weighted by Crippen LogP contribution is 2.28. The van der Waals surface area contributed by atoms with E-state index >= 15 is 0 Å². The second-order valence-electron chi connectivity index (χ2n) is 7.76. The van der Waals surface area contributed by atoms with Crippen molar-refractivity contribution in [3.63, 3.8) is 0 Å². The van der Waals surface area contributed by atoms with E-state index in [-0.39, 0.29) is 11.3 Å². The lowest BCUT2D eigenvalue weighted by Crippen LogP contribution is -2.43. The highest BCUT2D eigenvalue weighted by molar-refractivity contribution is 5.97. The van der Waals surface area contributed by atoms with Gasteiger partial charge < -0.3 is 9.64 Å². The summed E-state index contributed by atoms with van der Waals surface area (Å²) >= 11 is 0. The first-order valence-corrected chi connectivity index (χ1v) is 9.03. The monoisotopic (exact) mass is 337 g/mol. The number of fused-ring (bicyclic) bond motifs is 1. The van der Waals surface area contributed by atoms with Crippen LogP contribution in [0, 0.1) is 0 Å². The summed E-state index contributed by atoms with van der Waals surface area (Å²) in [5.41, 5.74) is 3.63. The molecular weight excluding hydrogens is 310 g/mol. The van der Waals surface area contributed by atoms with Gasteiger partial charge in [0, 0.05) is 12.2 Å². The standard InChI is InChI=1S/C22H27NO2/c1-16(25-19-13-11-18(12-14-19)22(2,3)4)21(24)23-15-7-9-17-8-5-6-10-20(17)23/h5-6,8,10-14,16H,7,9,15H2,1-4H3. The van der Waals surface area contributed by atoms with E-state index < -0.39 is 6.10 Å². The zero-order valence-corrected chi connectivity index (χ0v) is 15.6. The van der Waals surface area contributed by atoms with Gasteiger partial charge in [-0.05, 0) is 54.5 Å². The maximum Gasteiger partial charge on any atom is 0.267 e. The fourth-order valence-electron chi connectivity index (χ4n) is 3.27. The molecule has 1 aliphatic heterocycles. The average molecular weight is 337 g/mol. The predicted molar refractivity (Wildman–Crippen MR) is 102 cm³/mol. The molecule has 0 fully saturated rings. The normalized spacial score (nSPS) is 15.4. The minimum absolute atomic E-state index is 0.0204. The molecule has 132 valence electrons. The molecule has 0 bridgehead atoms. The van der Waals surface area contributed by atoms with Crippen LogP contribution in [-0.4, -0.2) is 18.6 Å². The van der Waals surface area contributed by atoms with Crippen molar-refractivity contribution in [2.45, 2.75) is 52.1 Å². The third-order valence-electron chi connectivity index (χ3n) is 4.76. The molecule has 1 atom stereocenters. The van der Waals surface area contributed by atoms with E-state index in [2.05, 4.69) is 39.0 Å². The Balaban J connectivity index is 1.71. The molecule has 1 unspecified atom stereocenters. The molecule has 2 aromatic carbocycles. The van der Waals surface area contributed by atoms with E-state index in [1.54, 1.807) is 0 Å². The van der Waals surface area contributed by atoms with Gasteiger partial charge >= 0.3 is 0 Å². The van der Waals surface area contributed by atoms with Crippen molar-refractivity contribution in [1.29, 1.82) is 0 Å². The van der Waals surface area contributed by atoms with E-state index in [0.29, 0.717) is 0 Å². The van der Waals surface area contributed by atoms with Crippen LogP contribution in [0.2, 0.25) is 0 Å². The number of aryl methyl sites for hydroxylation is 1. The number of carbonyl (C=O) groups excluding carboxylic acids is 1. The highest BCUT2D eigenvalue weighted by Gasteiger charge is 2.27. The van der Waals surface area contributed by atoms with Gasteiger partial charge in [0.25, 0.3) is 5.91 Å². The maximum absolute atomic E-state index is 12.9. The van der Waals surface area contributed by atoms with Crippen LogP contribution < -0.4 is 9.64 Å². The first-order chi connectivity index (χ1) is 11.9. The Morgan fingerprint density at radius 1 is 1.08 bits per heavy atom. The summed E-state index contributed by atoms with van der Waals surface area (Å²) in [5.74, 6) is 0.756. The number of nitrogens with zero attached hydrogens (tertiary/aromatic N) is 1. The summed E-state index contributed by atoms with van der Waals surface area (Å²) in [6.45, 7) is 9.14. The number of para-hydroxylation sites is 1. The van der Waals surface area contributed by atoms with Gasteiger partial charge in [-0.3, -0.25) is 4.79 Å². The van der Waals surface area contributed by atoms with E-state index in [0.717, 1.165) is 30.8 Å². The van der Waals surface area contributed by atoms with E-state index in [1.165, 1.54) is 11.1 Å². The summed E-state index contributed by atoms with van der Waals surface area (Å²) in [7, 11) is 0. The molecule has 0 saturated carbocycles. The Morgan fingerprint density at radius 2 is 1.76 bits per heavy atom. The van der Waals surface area contributed by atoms with Crippen LogP contribution in [0.1, 0.15) is 45.2 Å². The van der Waals surface area contributed by atoms with Crippen molar-refractivity contribution in [2.75, 3.05) is 11.4 Å². The molecule has 0 saturated heterocycles. The van der Waals surface area contributed by atoms with Gasteiger partial charge in [-0.15, -0.1) is 0 Å². The number of benzene rings is 2. The van der Waals surface area contributed by atoms with E-state index in [1.807, 2.05) is 42.2 Å². The van der Waals surface area contributed by atoms with Gasteiger partial charge in [0.05, 0.1) is 0 Å². The minimum atomic E-state index is -0.508. The second-order valence-corrected chi connectivity index (χ2v) is 7.76.